The monoisotopic (exact) mass is 276 g/mol. The fourth-order valence-electron chi connectivity index (χ4n) is 2.89. The first kappa shape index (κ1) is 13.8. The molecular weight excluding hydrogens is 256 g/mol. The van der Waals surface area contributed by atoms with Gasteiger partial charge in [-0.1, -0.05) is 72.3 Å². The number of nitrogens with two attached hydrogens (primary N) is 1. The maximum absolute atomic E-state index is 5.83. The van der Waals surface area contributed by atoms with Gasteiger partial charge in [0.05, 0.1) is 6.04 Å². The van der Waals surface area contributed by atoms with Crippen LogP contribution in [0.5, 0.6) is 0 Å². The minimum atomic E-state index is 0.109. The maximum Gasteiger partial charge on any atom is 0.0506 e. The molecule has 2 heteroatoms. The van der Waals surface area contributed by atoms with Gasteiger partial charge in [-0.05, 0) is 35.2 Å². The first-order valence-corrected chi connectivity index (χ1v) is 7.27. The average Bonchev–Trinajstić information content (AvgIpc) is 2.52. The van der Waals surface area contributed by atoms with Crippen LogP contribution in [0.2, 0.25) is 0 Å². The van der Waals surface area contributed by atoms with Crippen molar-refractivity contribution in [3.63, 3.8) is 0 Å². The third-order valence-corrected chi connectivity index (χ3v) is 3.92. The van der Waals surface area contributed by atoms with Crippen LogP contribution in [-0.4, -0.2) is 0 Å². The van der Waals surface area contributed by atoms with Crippen molar-refractivity contribution in [2.45, 2.75) is 19.4 Å². The number of hydrogen-bond donors (Lipinski definition) is 2. The molecule has 0 amide bonds. The topological polar surface area (TPSA) is 38.0 Å². The zero-order valence-corrected chi connectivity index (χ0v) is 12.2. The molecule has 0 saturated carbocycles. The lowest BCUT2D eigenvalue weighted by atomic mass is 9.94. The predicted octanol–water partition coefficient (Wildman–Crippen LogP) is 3.90. The summed E-state index contributed by atoms with van der Waals surface area (Å²) in [5.41, 5.74) is 6.80. The molecule has 1 atom stereocenters. The van der Waals surface area contributed by atoms with Crippen LogP contribution in [0.25, 0.3) is 10.8 Å². The SMILES string of the molecule is Cc1cccc(CC(NN)c2cccc3ccccc23)c1. The van der Waals surface area contributed by atoms with Crippen molar-refractivity contribution in [3.8, 4) is 0 Å². The van der Waals surface area contributed by atoms with Crippen LogP contribution in [0, 0.1) is 6.92 Å². The Bertz CT molecular complexity index is 744. The van der Waals surface area contributed by atoms with Crippen LogP contribution in [-0.2, 0) is 6.42 Å². The standard InChI is InChI=1S/C19H20N2/c1-14-6-4-7-15(12-14)13-19(21-20)18-11-5-9-16-8-2-3-10-17(16)18/h2-12,19,21H,13,20H2,1H3. The van der Waals surface area contributed by atoms with Crippen molar-refractivity contribution in [1.29, 1.82) is 0 Å². The molecular formula is C19H20N2. The molecule has 0 bridgehead atoms. The first-order chi connectivity index (χ1) is 10.3. The minimum Gasteiger partial charge on any atom is -0.271 e. The summed E-state index contributed by atoms with van der Waals surface area (Å²) in [5, 5.41) is 2.51. The van der Waals surface area contributed by atoms with Gasteiger partial charge in [0, 0.05) is 0 Å². The van der Waals surface area contributed by atoms with E-state index in [2.05, 4.69) is 79.1 Å². The normalized spacial score (nSPS) is 12.5. The van der Waals surface area contributed by atoms with E-state index in [1.54, 1.807) is 0 Å². The van der Waals surface area contributed by atoms with Gasteiger partial charge < -0.3 is 0 Å². The Labute approximate surface area is 125 Å². The second-order valence-corrected chi connectivity index (χ2v) is 5.48. The Morgan fingerprint density at radius 2 is 1.71 bits per heavy atom. The molecule has 3 N–H and O–H groups in total. The highest BCUT2D eigenvalue weighted by Gasteiger charge is 2.13. The van der Waals surface area contributed by atoms with Crippen molar-refractivity contribution in [1.82, 2.24) is 5.43 Å². The summed E-state index contributed by atoms with van der Waals surface area (Å²) < 4.78 is 0. The van der Waals surface area contributed by atoms with Gasteiger partial charge in [-0.25, -0.2) is 0 Å². The molecule has 0 aromatic heterocycles. The summed E-state index contributed by atoms with van der Waals surface area (Å²) in [6, 6.07) is 23.5. The Balaban J connectivity index is 1.98. The van der Waals surface area contributed by atoms with E-state index in [-0.39, 0.29) is 6.04 Å². The molecule has 0 fully saturated rings. The molecule has 1 unspecified atom stereocenters. The van der Waals surface area contributed by atoms with E-state index in [4.69, 9.17) is 5.84 Å². The molecule has 0 aliphatic heterocycles. The van der Waals surface area contributed by atoms with Gasteiger partial charge in [0.25, 0.3) is 0 Å². The summed E-state index contributed by atoms with van der Waals surface area (Å²) in [6.45, 7) is 2.12. The van der Waals surface area contributed by atoms with Gasteiger partial charge in [0.15, 0.2) is 0 Å². The number of nitrogens with one attached hydrogen (secondary N) is 1. The van der Waals surface area contributed by atoms with Crippen molar-refractivity contribution < 1.29 is 0 Å². The van der Waals surface area contributed by atoms with Crippen molar-refractivity contribution >= 4 is 10.8 Å². The molecule has 0 radical (unpaired) electrons. The van der Waals surface area contributed by atoms with E-state index in [9.17, 15) is 0 Å². The molecule has 3 rings (SSSR count). The van der Waals surface area contributed by atoms with Crippen LogP contribution < -0.4 is 11.3 Å². The first-order valence-electron chi connectivity index (χ1n) is 7.27. The zero-order chi connectivity index (χ0) is 14.7. The van der Waals surface area contributed by atoms with Crippen molar-refractivity contribution in [2.75, 3.05) is 0 Å². The van der Waals surface area contributed by atoms with E-state index in [1.807, 2.05) is 0 Å². The van der Waals surface area contributed by atoms with Gasteiger partial charge in [0.2, 0.25) is 0 Å². The molecule has 106 valence electrons. The third kappa shape index (κ3) is 2.97. The maximum atomic E-state index is 5.83. The molecule has 21 heavy (non-hydrogen) atoms. The van der Waals surface area contributed by atoms with Gasteiger partial charge in [-0.2, -0.15) is 0 Å². The fraction of sp³-hybridized carbons (Fsp3) is 0.158. The van der Waals surface area contributed by atoms with E-state index < -0.39 is 0 Å². The van der Waals surface area contributed by atoms with E-state index in [1.165, 1.54) is 27.5 Å². The van der Waals surface area contributed by atoms with Crippen LogP contribution in [0.3, 0.4) is 0 Å². The number of fused-ring (bicyclic) bond motifs is 1. The Kier molecular flexibility index (Phi) is 4.00. The molecule has 3 aromatic carbocycles. The summed E-state index contributed by atoms with van der Waals surface area (Å²) in [7, 11) is 0. The summed E-state index contributed by atoms with van der Waals surface area (Å²) in [6.07, 6.45) is 0.881. The van der Waals surface area contributed by atoms with Crippen molar-refractivity contribution in [2.24, 2.45) is 5.84 Å². The van der Waals surface area contributed by atoms with Gasteiger partial charge in [-0.3, -0.25) is 11.3 Å². The quantitative estimate of drug-likeness (QED) is 0.560. The average molecular weight is 276 g/mol. The highest BCUT2D eigenvalue weighted by Crippen LogP contribution is 2.26. The van der Waals surface area contributed by atoms with Gasteiger partial charge in [-0.15, -0.1) is 0 Å². The Morgan fingerprint density at radius 1 is 0.952 bits per heavy atom. The molecule has 0 spiro atoms. The van der Waals surface area contributed by atoms with Crippen LogP contribution >= 0.6 is 0 Å². The fourth-order valence-corrected chi connectivity index (χ4v) is 2.89. The van der Waals surface area contributed by atoms with Gasteiger partial charge >= 0.3 is 0 Å². The molecule has 0 saturated heterocycles. The lowest BCUT2D eigenvalue weighted by molar-refractivity contribution is 0.555. The van der Waals surface area contributed by atoms with Crippen LogP contribution in [0.1, 0.15) is 22.7 Å². The molecule has 0 aliphatic carbocycles. The Morgan fingerprint density at radius 3 is 2.52 bits per heavy atom. The predicted molar refractivity (Wildman–Crippen MR) is 88.9 cm³/mol. The lowest BCUT2D eigenvalue weighted by Crippen LogP contribution is -2.29. The van der Waals surface area contributed by atoms with Gasteiger partial charge in [0.1, 0.15) is 0 Å². The summed E-state index contributed by atoms with van der Waals surface area (Å²) >= 11 is 0. The molecule has 0 aliphatic rings. The smallest absolute Gasteiger partial charge is 0.0506 e. The van der Waals surface area contributed by atoms with E-state index >= 15 is 0 Å². The van der Waals surface area contributed by atoms with Crippen molar-refractivity contribution in [3.05, 3.63) is 83.4 Å². The van der Waals surface area contributed by atoms with Crippen LogP contribution in [0.15, 0.2) is 66.7 Å². The number of rotatable bonds is 4. The third-order valence-electron chi connectivity index (χ3n) is 3.92. The highest BCUT2D eigenvalue weighted by molar-refractivity contribution is 5.86. The minimum absolute atomic E-state index is 0.109. The highest BCUT2D eigenvalue weighted by atomic mass is 15.2. The largest absolute Gasteiger partial charge is 0.271 e. The molecule has 3 aromatic rings. The second-order valence-electron chi connectivity index (χ2n) is 5.48. The molecule has 0 heterocycles. The van der Waals surface area contributed by atoms with E-state index in [0.29, 0.717) is 0 Å². The lowest BCUT2D eigenvalue weighted by Gasteiger charge is -2.19. The number of hydrogen-bond acceptors (Lipinski definition) is 2. The Hall–Kier alpha value is -2.16. The summed E-state index contributed by atoms with van der Waals surface area (Å²) in [4.78, 5) is 0. The number of hydrazine groups is 1. The van der Waals surface area contributed by atoms with Crippen LogP contribution in [0.4, 0.5) is 0 Å². The summed E-state index contributed by atoms with van der Waals surface area (Å²) in [5.74, 6) is 5.83. The number of benzene rings is 3. The number of aryl methyl sites for hydroxylation is 1. The molecule has 2 nitrogen and oxygen atoms in total. The second kappa shape index (κ2) is 6.08. The zero-order valence-electron chi connectivity index (χ0n) is 12.2. The van der Waals surface area contributed by atoms with E-state index in [0.717, 1.165) is 6.42 Å².